The molecule has 4 nitrogen and oxygen atoms in total. The summed E-state index contributed by atoms with van der Waals surface area (Å²) in [5.41, 5.74) is 5.44. The summed E-state index contributed by atoms with van der Waals surface area (Å²) in [6, 6.07) is 7.83. The predicted molar refractivity (Wildman–Crippen MR) is 66.1 cm³/mol. The number of hydrogen-bond acceptors (Lipinski definition) is 6. The van der Waals surface area contributed by atoms with Crippen molar-refractivity contribution in [2.24, 2.45) is 5.73 Å². The molecule has 0 aliphatic heterocycles. The number of nitrogens with two attached hydrogens (primary N) is 1. The van der Waals surface area contributed by atoms with Crippen molar-refractivity contribution in [3.05, 3.63) is 29.3 Å². The fourth-order valence-corrected chi connectivity index (χ4v) is 2.10. The van der Waals surface area contributed by atoms with Gasteiger partial charge in [0.25, 0.3) is 5.19 Å². The Morgan fingerprint density at radius 1 is 1.31 bits per heavy atom. The molecule has 0 bridgehead atoms. The second kappa shape index (κ2) is 5.29. The fraction of sp³-hybridized carbons (Fsp3) is 0.200. The highest BCUT2D eigenvalue weighted by Gasteiger charge is 2.04. The van der Waals surface area contributed by atoms with E-state index in [0.717, 1.165) is 10.8 Å². The van der Waals surface area contributed by atoms with Gasteiger partial charge in [0, 0.05) is 11.4 Å². The summed E-state index contributed by atoms with van der Waals surface area (Å²) < 4.78 is 5.54. The molecule has 0 aliphatic rings. The van der Waals surface area contributed by atoms with Gasteiger partial charge < -0.3 is 10.5 Å². The SMILES string of the molecule is CSc1ccc(Oc2nnc(CN)s2)cc1. The second-order valence-corrected chi connectivity index (χ2v) is 4.85. The molecule has 0 fully saturated rings. The maximum Gasteiger partial charge on any atom is 0.299 e. The van der Waals surface area contributed by atoms with E-state index in [1.54, 1.807) is 11.8 Å². The summed E-state index contributed by atoms with van der Waals surface area (Å²) in [6.07, 6.45) is 2.04. The molecule has 0 saturated carbocycles. The van der Waals surface area contributed by atoms with Crippen molar-refractivity contribution in [1.82, 2.24) is 10.2 Å². The third-order valence-corrected chi connectivity index (χ3v) is 3.45. The first-order valence-electron chi connectivity index (χ1n) is 4.66. The Bertz CT molecular complexity index is 455. The maximum absolute atomic E-state index is 5.54. The van der Waals surface area contributed by atoms with Crippen molar-refractivity contribution in [3.63, 3.8) is 0 Å². The van der Waals surface area contributed by atoms with Gasteiger partial charge in [-0.05, 0) is 30.5 Å². The van der Waals surface area contributed by atoms with Gasteiger partial charge in [0.05, 0.1) is 0 Å². The molecule has 0 aliphatic carbocycles. The van der Waals surface area contributed by atoms with E-state index in [2.05, 4.69) is 10.2 Å². The Morgan fingerprint density at radius 3 is 2.62 bits per heavy atom. The lowest BCUT2D eigenvalue weighted by Crippen LogP contribution is -1.94. The quantitative estimate of drug-likeness (QED) is 0.848. The molecule has 2 aromatic rings. The third-order valence-electron chi connectivity index (χ3n) is 1.89. The van der Waals surface area contributed by atoms with Gasteiger partial charge in [0.2, 0.25) is 0 Å². The molecule has 6 heteroatoms. The van der Waals surface area contributed by atoms with E-state index in [4.69, 9.17) is 10.5 Å². The lowest BCUT2D eigenvalue weighted by molar-refractivity contribution is 0.472. The number of ether oxygens (including phenoxy) is 1. The molecule has 2 N–H and O–H groups in total. The number of rotatable bonds is 4. The third kappa shape index (κ3) is 2.72. The minimum atomic E-state index is 0.395. The molecule has 84 valence electrons. The van der Waals surface area contributed by atoms with Crippen LogP contribution in [0.5, 0.6) is 10.9 Å². The topological polar surface area (TPSA) is 61.0 Å². The Kier molecular flexibility index (Phi) is 3.76. The Morgan fingerprint density at radius 2 is 2.06 bits per heavy atom. The van der Waals surface area contributed by atoms with E-state index in [0.29, 0.717) is 11.7 Å². The van der Waals surface area contributed by atoms with Gasteiger partial charge in [-0.25, -0.2) is 0 Å². The molecule has 1 aromatic carbocycles. The van der Waals surface area contributed by atoms with Crippen molar-refractivity contribution in [2.75, 3.05) is 6.26 Å². The molecule has 0 spiro atoms. The average molecular weight is 253 g/mol. The summed E-state index contributed by atoms with van der Waals surface area (Å²) in [5, 5.41) is 9.06. The zero-order valence-electron chi connectivity index (χ0n) is 8.71. The molecule has 1 heterocycles. The molecule has 2 rings (SSSR count). The molecular formula is C10H11N3OS2. The highest BCUT2D eigenvalue weighted by Crippen LogP contribution is 2.26. The molecule has 0 radical (unpaired) electrons. The highest BCUT2D eigenvalue weighted by atomic mass is 32.2. The van der Waals surface area contributed by atoms with Crippen LogP contribution in [0.25, 0.3) is 0 Å². The van der Waals surface area contributed by atoms with Crippen LogP contribution in [0.15, 0.2) is 29.2 Å². The van der Waals surface area contributed by atoms with Crippen LogP contribution < -0.4 is 10.5 Å². The summed E-state index contributed by atoms with van der Waals surface area (Å²) >= 11 is 3.06. The lowest BCUT2D eigenvalue weighted by Gasteiger charge is -2.01. The monoisotopic (exact) mass is 253 g/mol. The van der Waals surface area contributed by atoms with Gasteiger partial charge in [-0.15, -0.1) is 16.9 Å². The smallest absolute Gasteiger partial charge is 0.299 e. The number of aromatic nitrogens is 2. The Balaban J connectivity index is 2.08. The first kappa shape index (κ1) is 11.4. The Hall–Kier alpha value is -1.11. The number of benzene rings is 1. The summed E-state index contributed by atoms with van der Waals surface area (Å²) in [4.78, 5) is 1.20. The van der Waals surface area contributed by atoms with Crippen LogP contribution in [0.3, 0.4) is 0 Å². The van der Waals surface area contributed by atoms with Crippen LogP contribution in [0.2, 0.25) is 0 Å². The lowest BCUT2D eigenvalue weighted by atomic mass is 10.3. The largest absolute Gasteiger partial charge is 0.430 e. The van der Waals surface area contributed by atoms with E-state index in [1.165, 1.54) is 16.2 Å². The molecule has 0 atom stereocenters. The molecule has 16 heavy (non-hydrogen) atoms. The summed E-state index contributed by atoms with van der Waals surface area (Å²) in [7, 11) is 0. The minimum Gasteiger partial charge on any atom is -0.430 e. The van der Waals surface area contributed by atoms with Gasteiger partial charge in [-0.3, -0.25) is 0 Å². The predicted octanol–water partition coefficient (Wildman–Crippen LogP) is 2.51. The van der Waals surface area contributed by atoms with Crippen molar-refractivity contribution in [2.45, 2.75) is 11.4 Å². The first-order valence-corrected chi connectivity index (χ1v) is 6.70. The molecule has 0 amide bonds. The van der Waals surface area contributed by atoms with E-state index >= 15 is 0 Å². The zero-order chi connectivity index (χ0) is 11.4. The minimum absolute atomic E-state index is 0.395. The summed E-state index contributed by atoms with van der Waals surface area (Å²) in [5.74, 6) is 0.762. The van der Waals surface area contributed by atoms with E-state index in [1.807, 2.05) is 30.5 Å². The normalized spacial score (nSPS) is 10.4. The standard InChI is InChI=1S/C10H11N3OS2/c1-15-8-4-2-7(3-5-8)14-10-13-12-9(6-11)16-10/h2-5H,6,11H2,1H3. The van der Waals surface area contributed by atoms with Crippen molar-refractivity contribution in [3.8, 4) is 10.9 Å². The van der Waals surface area contributed by atoms with Crippen molar-refractivity contribution in [1.29, 1.82) is 0 Å². The van der Waals surface area contributed by atoms with Gasteiger partial charge >= 0.3 is 0 Å². The first-order chi connectivity index (χ1) is 7.81. The maximum atomic E-state index is 5.54. The summed E-state index contributed by atoms with van der Waals surface area (Å²) in [6.45, 7) is 0.395. The van der Waals surface area contributed by atoms with Gasteiger partial charge in [-0.1, -0.05) is 16.4 Å². The molecule has 1 aromatic heterocycles. The van der Waals surface area contributed by atoms with Gasteiger partial charge in [-0.2, -0.15) is 0 Å². The Labute approximate surface area is 102 Å². The van der Waals surface area contributed by atoms with Crippen LogP contribution in [0.1, 0.15) is 5.01 Å². The highest BCUT2D eigenvalue weighted by molar-refractivity contribution is 7.98. The van der Waals surface area contributed by atoms with Crippen LogP contribution in [-0.2, 0) is 6.54 Å². The van der Waals surface area contributed by atoms with Crippen LogP contribution >= 0.6 is 23.1 Å². The average Bonchev–Trinajstić information content (AvgIpc) is 2.78. The van der Waals surface area contributed by atoms with E-state index < -0.39 is 0 Å². The van der Waals surface area contributed by atoms with E-state index in [9.17, 15) is 0 Å². The van der Waals surface area contributed by atoms with Gasteiger partial charge in [0.15, 0.2) is 0 Å². The van der Waals surface area contributed by atoms with Crippen molar-refractivity contribution < 1.29 is 4.74 Å². The zero-order valence-corrected chi connectivity index (χ0v) is 10.3. The van der Waals surface area contributed by atoms with E-state index in [-0.39, 0.29) is 0 Å². The fourth-order valence-electron chi connectivity index (χ4n) is 1.11. The number of nitrogens with zero attached hydrogens (tertiary/aromatic N) is 2. The van der Waals surface area contributed by atoms with Crippen molar-refractivity contribution >= 4 is 23.1 Å². The van der Waals surface area contributed by atoms with Crippen LogP contribution in [0.4, 0.5) is 0 Å². The molecular weight excluding hydrogens is 242 g/mol. The molecule has 0 saturated heterocycles. The second-order valence-electron chi connectivity index (χ2n) is 2.94. The van der Waals surface area contributed by atoms with Crippen LogP contribution in [0, 0.1) is 0 Å². The number of thioether (sulfide) groups is 1. The van der Waals surface area contributed by atoms with Crippen LogP contribution in [-0.4, -0.2) is 16.5 Å². The van der Waals surface area contributed by atoms with Gasteiger partial charge in [0.1, 0.15) is 10.8 Å². The number of hydrogen-bond donors (Lipinski definition) is 1. The molecule has 0 unspecified atom stereocenters.